The number of aliphatic hydroxyl groups excluding tert-OH is 2. The highest BCUT2D eigenvalue weighted by Crippen LogP contribution is 2.70. The summed E-state index contributed by atoms with van der Waals surface area (Å²) in [6.07, 6.45) is 8.14. The molecule has 1 heterocycles. The molecule has 44 heavy (non-hydrogen) atoms. The summed E-state index contributed by atoms with van der Waals surface area (Å²) in [4.78, 5) is 8.05. The first-order valence-corrected chi connectivity index (χ1v) is 16.7. The maximum absolute atomic E-state index is 12.7. The number of rotatable bonds is 6. The van der Waals surface area contributed by atoms with Crippen LogP contribution in [0, 0.1) is 46.8 Å². The number of hydrogen-bond acceptors (Lipinski definition) is 5. The van der Waals surface area contributed by atoms with Gasteiger partial charge in [-0.25, -0.2) is 0 Å². The summed E-state index contributed by atoms with van der Waals surface area (Å²) in [7, 11) is 1.70. The zero-order chi connectivity index (χ0) is 30.7. The molecule has 10 unspecified atom stereocenters. The van der Waals surface area contributed by atoms with Gasteiger partial charge < -0.3 is 36.0 Å². The Morgan fingerprint density at radius 3 is 2.75 bits per heavy atom. The maximum Gasteiger partial charge on any atom is 0.191 e. The number of guanidine groups is 1. The molecule has 2 aromatic rings. The summed E-state index contributed by atoms with van der Waals surface area (Å²) in [6.45, 7) is 2.63. The van der Waals surface area contributed by atoms with Gasteiger partial charge in [0.2, 0.25) is 0 Å². The second-order valence-corrected chi connectivity index (χ2v) is 14.4. The molecule has 8 heteroatoms. The molecular weight excluding hydrogens is 552 g/mol. The Morgan fingerprint density at radius 2 is 1.95 bits per heavy atom. The van der Waals surface area contributed by atoms with E-state index in [-0.39, 0.29) is 48.0 Å². The van der Waals surface area contributed by atoms with Gasteiger partial charge in [-0.15, -0.1) is 0 Å². The van der Waals surface area contributed by atoms with Crippen LogP contribution in [0.15, 0.2) is 47.0 Å². The van der Waals surface area contributed by atoms with Gasteiger partial charge in [-0.05, 0) is 93.1 Å². The van der Waals surface area contributed by atoms with Crippen molar-refractivity contribution in [2.75, 3.05) is 20.2 Å². The molecule has 1 spiro atoms. The number of H-pyrrole nitrogens is 1. The lowest BCUT2D eigenvalue weighted by molar-refractivity contribution is -0.126. The number of hydrogen-bond donors (Lipinski definition) is 7. The zero-order valence-electron chi connectivity index (χ0n) is 26.0. The summed E-state index contributed by atoms with van der Waals surface area (Å²) < 4.78 is 0. The van der Waals surface area contributed by atoms with Gasteiger partial charge in [0.1, 0.15) is 0 Å². The van der Waals surface area contributed by atoms with Crippen LogP contribution < -0.4 is 10.6 Å². The number of aliphatic hydroxyl groups is 4. The van der Waals surface area contributed by atoms with Crippen LogP contribution in [0.4, 0.5) is 0 Å². The SMILES string of the molecule is CN=C(NCCCO)NC1C#CC2CCC=C(Cc3cc4ccccc4[nH]3)C23CC2CCC3C3C(CC(O)C3(O)C1)C2(C)O. The van der Waals surface area contributed by atoms with Crippen LogP contribution in [0.2, 0.25) is 0 Å². The van der Waals surface area contributed by atoms with Crippen molar-refractivity contribution >= 4 is 16.9 Å². The molecule has 4 bridgehead atoms. The first-order chi connectivity index (χ1) is 21.2. The summed E-state index contributed by atoms with van der Waals surface area (Å²) in [5, 5.41) is 53.9. The van der Waals surface area contributed by atoms with Crippen molar-refractivity contribution in [2.24, 2.45) is 40.0 Å². The van der Waals surface area contributed by atoms with Crippen LogP contribution in [0.3, 0.4) is 0 Å². The summed E-state index contributed by atoms with van der Waals surface area (Å²) in [5.41, 5.74) is 1.03. The van der Waals surface area contributed by atoms with Crippen molar-refractivity contribution < 1.29 is 20.4 Å². The Balaban J connectivity index is 1.34. The van der Waals surface area contributed by atoms with E-state index in [2.05, 4.69) is 68.9 Å². The van der Waals surface area contributed by atoms with E-state index in [0.29, 0.717) is 25.3 Å². The van der Waals surface area contributed by atoms with Crippen LogP contribution in [-0.2, 0) is 6.42 Å². The Labute approximate surface area is 260 Å². The highest BCUT2D eigenvalue weighted by Gasteiger charge is 2.70. The Bertz CT molecular complexity index is 1490. The number of aromatic amines is 1. The largest absolute Gasteiger partial charge is 0.396 e. The van der Waals surface area contributed by atoms with E-state index >= 15 is 0 Å². The normalized spacial score (nSPS) is 41.0. The lowest BCUT2D eigenvalue weighted by Crippen LogP contribution is -2.56. The van der Waals surface area contributed by atoms with E-state index in [1.807, 2.05) is 6.92 Å². The minimum atomic E-state index is -1.40. The Morgan fingerprint density at radius 1 is 1.11 bits per heavy atom. The van der Waals surface area contributed by atoms with E-state index in [0.717, 1.165) is 44.0 Å². The lowest BCUT2D eigenvalue weighted by atomic mass is 9.49. The van der Waals surface area contributed by atoms with Crippen LogP contribution >= 0.6 is 0 Å². The predicted molar refractivity (Wildman–Crippen MR) is 172 cm³/mol. The van der Waals surface area contributed by atoms with Crippen molar-refractivity contribution in [3.05, 3.63) is 47.7 Å². The molecular formula is C36H48N4O4. The molecule has 4 fully saturated rings. The predicted octanol–water partition coefficient (Wildman–Crippen LogP) is 3.27. The average Bonchev–Trinajstić information content (AvgIpc) is 3.49. The molecule has 236 valence electrons. The van der Waals surface area contributed by atoms with Gasteiger partial charge in [-0.1, -0.05) is 41.7 Å². The Hall–Kier alpha value is -2.83. The van der Waals surface area contributed by atoms with Gasteiger partial charge in [0, 0.05) is 55.6 Å². The summed E-state index contributed by atoms with van der Waals surface area (Å²) >= 11 is 0. The minimum absolute atomic E-state index is 0.0831. The summed E-state index contributed by atoms with van der Waals surface area (Å²) in [5.74, 6) is 7.71. The fourth-order valence-corrected chi connectivity index (χ4v) is 10.3. The molecule has 4 saturated carbocycles. The molecule has 0 saturated heterocycles. The number of para-hydroxylation sites is 1. The molecule has 0 aliphatic heterocycles. The molecule has 10 atom stereocenters. The highest BCUT2D eigenvalue weighted by molar-refractivity contribution is 5.81. The monoisotopic (exact) mass is 600 g/mol. The van der Waals surface area contributed by atoms with Gasteiger partial charge in [0.25, 0.3) is 0 Å². The van der Waals surface area contributed by atoms with Gasteiger partial charge in [0.15, 0.2) is 5.96 Å². The van der Waals surface area contributed by atoms with Gasteiger partial charge in [0.05, 0.1) is 23.3 Å². The van der Waals surface area contributed by atoms with Crippen LogP contribution in [0.5, 0.6) is 0 Å². The van der Waals surface area contributed by atoms with Gasteiger partial charge in [-0.3, -0.25) is 4.99 Å². The molecule has 6 aliphatic rings. The number of allylic oxidation sites excluding steroid dienone is 2. The maximum atomic E-state index is 12.7. The molecule has 6 aliphatic carbocycles. The van der Waals surface area contributed by atoms with Crippen molar-refractivity contribution in [2.45, 2.75) is 88.1 Å². The fourth-order valence-electron chi connectivity index (χ4n) is 10.3. The van der Waals surface area contributed by atoms with Crippen LogP contribution in [0.1, 0.15) is 64.0 Å². The molecule has 0 amide bonds. The summed E-state index contributed by atoms with van der Waals surface area (Å²) in [6, 6.07) is 10.2. The molecule has 1 aromatic carbocycles. The first kappa shape index (κ1) is 29.9. The molecule has 1 aromatic heterocycles. The molecule has 8 rings (SSSR count). The van der Waals surface area contributed by atoms with Crippen LogP contribution in [0.25, 0.3) is 10.9 Å². The van der Waals surface area contributed by atoms with Crippen molar-refractivity contribution in [1.82, 2.24) is 15.6 Å². The topological polar surface area (TPSA) is 133 Å². The number of nitrogens with one attached hydrogen (secondary N) is 3. The minimum Gasteiger partial charge on any atom is -0.396 e. The van der Waals surface area contributed by atoms with E-state index in [1.165, 1.54) is 16.7 Å². The van der Waals surface area contributed by atoms with Crippen LogP contribution in [-0.4, -0.2) is 74.9 Å². The number of nitrogens with zero attached hydrogens (tertiary/aromatic N) is 1. The van der Waals surface area contributed by atoms with Gasteiger partial charge in [-0.2, -0.15) is 0 Å². The third-order valence-corrected chi connectivity index (χ3v) is 12.3. The van der Waals surface area contributed by atoms with Crippen molar-refractivity contribution in [1.29, 1.82) is 0 Å². The van der Waals surface area contributed by atoms with Crippen molar-refractivity contribution in [3.63, 3.8) is 0 Å². The third kappa shape index (κ3) is 4.62. The number of aromatic nitrogens is 1. The Kier molecular flexibility index (Phi) is 7.60. The lowest BCUT2D eigenvalue weighted by Gasteiger charge is -2.55. The van der Waals surface area contributed by atoms with E-state index in [1.54, 1.807) is 7.05 Å². The first-order valence-electron chi connectivity index (χ1n) is 16.7. The second kappa shape index (κ2) is 11.2. The number of aliphatic imine (C=N–C) groups is 1. The highest BCUT2D eigenvalue weighted by atomic mass is 16.3. The molecule has 7 N–H and O–H groups in total. The van der Waals surface area contributed by atoms with Crippen molar-refractivity contribution in [3.8, 4) is 11.8 Å². The average molecular weight is 601 g/mol. The standard InChI is InChI=1S/C36H48N4O4/c1-34(43)25-12-14-28-32-29(34)19-31(42)36(32,44)21-26(40-33(37-2)38-15-6-16-41)13-11-23-8-5-9-24(35(23,28)20-25)18-27-17-22-7-3-4-10-30(22)39-27/h3-4,7,9-10,17,23,25-26,28-29,31-32,39,41-44H,5-6,8,12,14-16,18-21H2,1-2H3,(H2,37,38,40). The molecule has 8 nitrogen and oxygen atoms in total. The zero-order valence-corrected chi connectivity index (χ0v) is 26.0. The van der Waals surface area contributed by atoms with E-state index in [4.69, 9.17) is 0 Å². The second-order valence-electron chi connectivity index (χ2n) is 14.4. The number of fused-ring (bicyclic) bond motifs is 2. The number of benzene rings is 1. The quantitative estimate of drug-likeness (QED) is 0.0896. The van der Waals surface area contributed by atoms with E-state index < -0.39 is 23.3 Å². The fraction of sp³-hybridized carbons (Fsp3) is 0.639. The smallest absolute Gasteiger partial charge is 0.191 e. The van der Waals surface area contributed by atoms with E-state index in [9.17, 15) is 20.4 Å². The third-order valence-electron chi connectivity index (χ3n) is 12.3. The molecule has 0 radical (unpaired) electrons. The van der Waals surface area contributed by atoms with Gasteiger partial charge >= 0.3 is 0 Å².